The number of halogens is 2. The molecule has 0 saturated heterocycles. The van der Waals surface area contributed by atoms with Crippen molar-refractivity contribution >= 4 is 5.97 Å². The minimum atomic E-state index is -0.626. The Bertz CT molecular complexity index is 488. The predicted molar refractivity (Wildman–Crippen MR) is 102 cm³/mol. The topological polar surface area (TPSA) is 42.1 Å². The lowest BCUT2D eigenvalue weighted by molar-refractivity contribution is 0.0514. The van der Waals surface area contributed by atoms with Crippen molar-refractivity contribution in [2.45, 2.75) is 90.4 Å². The third kappa shape index (κ3) is 9.93. The molecular formula is C21H35F2NO2. The zero-order valence-electron chi connectivity index (χ0n) is 16.3. The average molecular weight is 372 g/mol. The van der Waals surface area contributed by atoms with E-state index in [1.807, 2.05) is 0 Å². The van der Waals surface area contributed by atoms with E-state index in [1.54, 1.807) is 6.92 Å². The highest BCUT2D eigenvalue weighted by atomic mass is 19.1. The summed E-state index contributed by atoms with van der Waals surface area (Å²) in [7, 11) is 0. The summed E-state index contributed by atoms with van der Waals surface area (Å²) in [6.45, 7) is 1.77. The van der Waals surface area contributed by atoms with Gasteiger partial charge in [-0.2, -0.15) is 0 Å². The second kappa shape index (κ2) is 14.7. The van der Waals surface area contributed by atoms with Crippen LogP contribution in [0.25, 0.3) is 0 Å². The molecule has 0 aromatic carbocycles. The molecule has 0 spiro atoms. The molecule has 1 aromatic heterocycles. The van der Waals surface area contributed by atoms with Gasteiger partial charge < -0.3 is 9.72 Å². The molecule has 0 fully saturated rings. The standard InChI is InChI=1S/C21H35F2NO2/c1-2-26-21(25)20-19(23)17-18(24-20)15-13-11-9-7-5-3-4-6-8-10-12-14-16-22/h17,24H,2-16H2,1H3. The van der Waals surface area contributed by atoms with Crippen LogP contribution >= 0.6 is 0 Å². The summed E-state index contributed by atoms with van der Waals surface area (Å²) in [5.74, 6) is -1.15. The van der Waals surface area contributed by atoms with Crippen LogP contribution in [0.1, 0.15) is 100 Å². The van der Waals surface area contributed by atoms with Crippen molar-refractivity contribution in [3.63, 3.8) is 0 Å². The van der Waals surface area contributed by atoms with E-state index < -0.39 is 11.8 Å². The highest BCUT2D eigenvalue weighted by molar-refractivity contribution is 5.87. The van der Waals surface area contributed by atoms with E-state index in [2.05, 4.69) is 4.98 Å². The first-order valence-electron chi connectivity index (χ1n) is 10.3. The predicted octanol–water partition coefficient (Wildman–Crippen LogP) is 6.52. The summed E-state index contributed by atoms with van der Waals surface area (Å²) >= 11 is 0. The summed E-state index contributed by atoms with van der Waals surface area (Å²) in [5, 5.41) is 0. The second-order valence-electron chi connectivity index (χ2n) is 6.92. The van der Waals surface area contributed by atoms with Crippen LogP contribution in [0.15, 0.2) is 6.07 Å². The molecule has 0 bridgehead atoms. The number of aromatic amines is 1. The van der Waals surface area contributed by atoms with Crippen LogP contribution < -0.4 is 0 Å². The Labute approximate surface area is 156 Å². The van der Waals surface area contributed by atoms with E-state index in [4.69, 9.17) is 4.74 Å². The van der Waals surface area contributed by atoms with Gasteiger partial charge in [-0.1, -0.05) is 64.2 Å². The highest BCUT2D eigenvalue weighted by Crippen LogP contribution is 2.15. The van der Waals surface area contributed by atoms with Crippen molar-refractivity contribution in [1.29, 1.82) is 0 Å². The Hall–Kier alpha value is -1.39. The van der Waals surface area contributed by atoms with Gasteiger partial charge in [0.15, 0.2) is 11.5 Å². The van der Waals surface area contributed by atoms with Gasteiger partial charge in [0.05, 0.1) is 13.3 Å². The van der Waals surface area contributed by atoms with Crippen molar-refractivity contribution < 1.29 is 18.3 Å². The molecule has 5 heteroatoms. The number of esters is 1. The van der Waals surface area contributed by atoms with Crippen molar-refractivity contribution in [2.24, 2.45) is 0 Å². The number of unbranched alkanes of at least 4 members (excludes halogenated alkanes) is 11. The second-order valence-corrected chi connectivity index (χ2v) is 6.92. The lowest BCUT2D eigenvalue weighted by Crippen LogP contribution is -2.07. The molecule has 1 rings (SSSR count). The van der Waals surface area contributed by atoms with Crippen LogP contribution in [-0.4, -0.2) is 24.2 Å². The minimum Gasteiger partial charge on any atom is -0.461 e. The van der Waals surface area contributed by atoms with Crippen LogP contribution in [-0.2, 0) is 11.2 Å². The SMILES string of the molecule is CCOC(=O)c1[nH]c(CCCCCCCCCCCCCCF)cc1F. The van der Waals surface area contributed by atoms with Crippen LogP contribution in [0.5, 0.6) is 0 Å². The number of rotatable bonds is 16. The zero-order valence-corrected chi connectivity index (χ0v) is 16.3. The number of nitrogens with one attached hydrogen (secondary N) is 1. The van der Waals surface area contributed by atoms with E-state index in [9.17, 15) is 13.6 Å². The molecule has 3 nitrogen and oxygen atoms in total. The molecule has 150 valence electrons. The summed E-state index contributed by atoms with van der Waals surface area (Å²) in [5.41, 5.74) is 0.699. The molecule has 0 saturated carbocycles. The zero-order chi connectivity index (χ0) is 19.0. The third-order valence-electron chi connectivity index (χ3n) is 4.63. The quantitative estimate of drug-likeness (QED) is 0.265. The molecule has 0 radical (unpaired) electrons. The van der Waals surface area contributed by atoms with Crippen molar-refractivity contribution in [3.8, 4) is 0 Å². The Kier molecular flexibility index (Phi) is 12.8. The van der Waals surface area contributed by atoms with Gasteiger partial charge in [0.1, 0.15) is 0 Å². The van der Waals surface area contributed by atoms with Gasteiger partial charge in [-0.15, -0.1) is 0 Å². The third-order valence-corrected chi connectivity index (χ3v) is 4.63. The van der Waals surface area contributed by atoms with E-state index in [0.717, 1.165) is 37.8 Å². The van der Waals surface area contributed by atoms with Crippen molar-refractivity contribution in [1.82, 2.24) is 4.98 Å². The van der Waals surface area contributed by atoms with Gasteiger partial charge in [0.25, 0.3) is 0 Å². The van der Waals surface area contributed by atoms with Gasteiger partial charge in [0, 0.05) is 5.69 Å². The molecule has 0 aliphatic carbocycles. The van der Waals surface area contributed by atoms with E-state index in [0.29, 0.717) is 0 Å². The fourth-order valence-corrected chi connectivity index (χ4v) is 3.15. The fraction of sp³-hybridized carbons (Fsp3) is 0.762. The lowest BCUT2D eigenvalue weighted by Gasteiger charge is -2.03. The maximum Gasteiger partial charge on any atom is 0.357 e. The molecule has 1 aromatic rings. The van der Waals surface area contributed by atoms with Gasteiger partial charge in [0.2, 0.25) is 0 Å². The number of carbonyl (C=O) groups excluding carboxylic acids is 1. The van der Waals surface area contributed by atoms with Crippen LogP contribution in [0, 0.1) is 5.82 Å². The van der Waals surface area contributed by atoms with E-state index in [1.165, 1.54) is 57.4 Å². The number of hydrogen-bond donors (Lipinski definition) is 1. The maximum atomic E-state index is 13.7. The molecular weight excluding hydrogens is 336 g/mol. The van der Waals surface area contributed by atoms with Crippen LogP contribution in [0.4, 0.5) is 8.78 Å². The molecule has 0 amide bonds. The number of ether oxygens (including phenoxy) is 1. The van der Waals surface area contributed by atoms with E-state index in [-0.39, 0.29) is 19.0 Å². The molecule has 0 atom stereocenters. The van der Waals surface area contributed by atoms with Gasteiger partial charge in [-0.05, 0) is 32.3 Å². The molecule has 1 N–H and O–H groups in total. The highest BCUT2D eigenvalue weighted by Gasteiger charge is 2.16. The van der Waals surface area contributed by atoms with Gasteiger partial charge in [-0.25, -0.2) is 9.18 Å². The number of alkyl halides is 1. The number of hydrogen-bond acceptors (Lipinski definition) is 2. The number of H-pyrrole nitrogens is 1. The maximum absolute atomic E-state index is 13.7. The largest absolute Gasteiger partial charge is 0.461 e. The summed E-state index contributed by atoms with van der Waals surface area (Å²) in [4.78, 5) is 14.4. The fourth-order valence-electron chi connectivity index (χ4n) is 3.15. The summed E-state index contributed by atoms with van der Waals surface area (Å²) < 4.78 is 30.5. The summed E-state index contributed by atoms with van der Waals surface area (Å²) in [6, 6.07) is 1.40. The average Bonchev–Trinajstić information content (AvgIpc) is 3.00. The van der Waals surface area contributed by atoms with Gasteiger partial charge in [-0.3, -0.25) is 4.39 Å². The van der Waals surface area contributed by atoms with Crippen molar-refractivity contribution in [2.75, 3.05) is 13.3 Å². The van der Waals surface area contributed by atoms with Crippen molar-refractivity contribution in [3.05, 3.63) is 23.3 Å². The Morgan fingerprint density at radius 1 is 0.923 bits per heavy atom. The smallest absolute Gasteiger partial charge is 0.357 e. The monoisotopic (exact) mass is 371 g/mol. The first-order valence-corrected chi connectivity index (χ1v) is 10.3. The molecule has 0 aliphatic heterocycles. The molecule has 26 heavy (non-hydrogen) atoms. The summed E-state index contributed by atoms with van der Waals surface area (Å²) in [6.07, 6.45) is 14.6. The molecule has 1 heterocycles. The van der Waals surface area contributed by atoms with Crippen LogP contribution in [0.3, 0.4) is 0 Å². The van der Waals surface area contributed by atoms with Crippen LogP contribution in [0.2, 0.25) is 0 Å². The lowest BCUT2D eigenvalue weighted by atomic mass is 10.0. The van der Waals surface area contributed by atoms with Gasteiger partial charge >= 0.3 is 5.97 Å². The number of aromatic nitrogens is 1. The number of carbonyl (C=O) groups is 1. The Morgan fingerprint density at radius 2 is 1.42 bits per heavy atom. The molecule has 0 aliphatic rings. The Balaban J connectivity index is 1.98. The Morgan fingerprint density at radius 3 is 1.92 bits per heavy atom. The normalized spacial score (nSPS) is 11.0. The minimum absolute atomic E-state index is 0.0634. The number of aryl methyl sites for hydroxylation is 1. The molecule has 0 unspecified atom stereocenters. The first kappa shape index (κ1) is 22.7. The van der Waals surface area contributed by atoms with E-state index >= 15 is 0 Å². The first-order chi connectivity index (χ1) is 12.7.